The van der Waals surface area contributed by atoms with Crippen molar-refractivity contribution in [2.45, 2.75) is 13.0 Å². The van der Waals surface area contributed by atoms with Crippen LogP contribution in [0.2, 0.25) is 0 Å². The van der Waals surface area contributed by atoms with E-state index in [2.05, 4.69) is 25.6 Å². The summed E-state index contributed by atoms with van der Waals surface area (Å²) in [6, 6.07) is 6.55. The number of aliphatic hydroxyl groups is 1. The topological polar surface area (TPSA) is 83.0 Å². The predicted molar refractivity (Wildman–Crippen MR) is 95.0 cm³/mol. The number of nitrogens with zero attached hydrogens (tertiary/aromatic N) is 3. The highest BCUT2D eigenvalue weighted by molar-refractivity contribution is 5.67. The largest absolute Gasteiger partial charge is 0.394 e. The molecule has 27 heavy (non-hydrogen) atoms. The maximum absolute atomic E-state index is 14.0. The van der Waals surface area contributed by atoms with Gasteiger partial charge < -0.3 is 15.7 Å². The minimum absolute atomic E-state index is 0.149. The van der Waals surface area contributed by atoms with Crippen LogP contribution in [0.3, 0.4) is 0 Å². The normalized spacial score (nSPS) is 11.9. The van der Waals surface area contributed by atoms with Crippen molar-refractivity contribution in [3.8, 4) is 11.3 Å². The molecule has 1 aromatic carbocycles. The van der Waals surface area contributed by atoms with E-state index >= 15 is 0 Å². The molecule has 1 atom stereocenters. The molecule has 0 saturated carbocycles. The summed E-state index contributed by atoms with van der Waals surface area (Å²) in [5, 5.41) is 14.7. The molecular formula is C18H16F3N5O. The Balaban J connectivity index is 2.01. The van der Waals surface area contributed by atoms with E-state index in [9.17, 15) is 18.3 Å². The van der Waals surface area contributed by atoms with Gasteiger partial charge in [-0.05, 0) is 31.2 Å². The zero-order valence-electron chi connectivity index (χ0n) is 14.2. The number of pyridine rings is 1. The second kappa shape index (κ2) is 8.00. The standard InChI is InChI=1S/C18H16F3N5O/c1-10(9-27)23-18-25-14(11-4-6-22-7-5-11)8-15(26-18)24-13-3-2-12(19)16(20)17(13)21/h2-8,10,27H,9H2,1H3,(H2,23,24,25,26)/t10-/m1/s1. The van der Waals surface area contributed by atoms with E-state index in [1.165, 1.54) is 6.07 Å². The Hall–Kier alpha value is -3.20. The lowest BCUT2D eigenvalue weighted by molar-refractivity contribution is 0.281. The third kappa shape index (κ3) is 4.32. The summed E-state index contributed by atoms with van der Waals surface area (Å²) >= 11 is 0. The number of aliphatic hydroxyl groups excluding tert-OH is 1. The maximum Gasteiger partial charge on any atom is 0.225 e. The van der Waals surface area contributed by atoms with E-state index in [0.717, 1.165) is 17.7 Å². The SMILES string of the molecule is C[C@H](CO)Nc1nc(Nc2ccc(F)c(F)c2F)cc(-c2ccncc2)n1. The molecule has 0 amide bonds. The van der Waals surface area contributed by atoms with Gasteiger partial charge in [-0.1, -0.05) is 0 Å². The molecule has 0 fully saturated rings. The second-order valence-electron chi connectivity index (χ2n) is 5.77. The van der Waals surface area contributed by atoms with Crippen molar-refractivity contribution in [2.75, 3.05) is 17.2 Å². The van der Waals surface area contributed by atoms with Gasteiger partial charge in [0.1, 0.15) is 5.82 Å². The molecule has 0 unspecified atom stereocenters. The molecule has 0 spiro atoms. The third-order valence-corrected chi connectivity index (χ3v) is 3.65. The quantitative estimate of drug-likeness (QED) is 0.572. The highest BCUT2D eigenvalue weighted by Crippen LogP contribution is 2.26. The summed E-state index contributed by atoms with van der Waals surface area (Å²) in [6.07, 6.45) is 3.17. The Morgan fingerprint density at radius 1 is 1.04 bits per heavy atom. The fraction of sp³-hybridized carbons (Fsp3) is 0.167. The lowest BCUT2D eigenvalue weighted by atomic mass is 10.2. The van der Waals surface area contributed by atoms with Crippen molar-refractivity contribution < 1.29 is 18.3 Å². The number of rotatable bonds is 6. The van der Waals surface area contributed by atoms with Gasteiger partial charge in [-0.3, -0.25) is 4.98 Å². The molecule has 0 aliphatic heterocycles. The highest BCUT2D eigenvalue weighted by Gasteiger charge is 2.15. The number of benzene rings is 1. The molecule has 0 saturated heterocycles. The van der Waals surface area contributed by atoms with Crippen LogP contribution >= 0.6 is 0 Å². The zero-order valence-corrected chi connectivity index (χ0v) is 14.2. The fourth-order valence-corrected chi connectivity index (χ4v) is 2.27. The van der Waals surface area contributed by atoms with Gasteiger partial charge in [0.05, 0.1) is 18.0 Å². The lowest BCUT2D eigenvalue weighted by Gasteiger charge is -2.14. The first kappa shape index (κ1) is 18.6. The van der Waals surface area contributed by atoms with E-state index in [1.807, 2.05) is 0 Å². The van der Waals surface area contributed by atoms with Gasteiger partial charge >= 0.3 is 0 Å². The summed E-state index contributed by atoms with van der Waals surface area (Å²) in [7, 11) is 0. The van der Waals surface area contributed by atoms with Crippen LogP contribution < -0.4 is 10.6 Å². The average Bonchev–Trinajstić information content (AvgIpc) is 2.69. The van der Waals surface area contributed by atoms with Crippen LogP contribution in [0.15, 0.2) is 42.7 Å². The minimum atomic E-state index is -1.57. The summed E-state index contributed by atoms with van der Waals surface area (Å²) in [4.78, 5) is 12.5. The summed E-state index contributed by atoms with van der Waals surface area (Å²) < 4.78 is 40.5. The van der Waals surface area contributed by atoms with Crippen LogP contribution in [-0.4, -0.2) is 32.7 Å². The van der Waals surface area contributed by atoms with Crippen LogP contribution in [-0.2, 0) is 0 Å². The molecule has 9 heteroatoms. The average molecular weight is 375 g/mol. The Morgan fingerprint density at radius 2 is 1.78 bits per heavy atom. The summed E-state index contributed by atoms with van der Waals surface area (Å²) in [6.45, 7) is 1.58. The number of anilines is 3. The molecule has 3 N–H and O–H groups in total. The minimum Gasteiger partial charge on any atom is -0.394 e. The van der Waals surface area contributed by atoms with Crippen LogP contribution in [0.25, 0.3) is 11.3 Å². The number of hydrogen-bond acceptors (Lipinski definition) is 6. The molecule has 0 aliphatic rings. The van der Waals surface area contributed by atoms with Crippen LogP contribution in [0.5, 0.6) is 0 Å². The Bertz CT molecular complexity index is 940. The number of halogens is 3. The smallest absolute Gasteiger partial charge is 0.225 e. The van der Waals surface area contributed by atoms with Crippen molar-refractivity contribution >= 4 is 17.5 Å². The number of aromatic nitrogens is 3. The Kier molecular flexibility index (Phi) is 5.51. The summed E-state index contributed by atoms with van der Waals surface area (Å²) in [5.74, 6) is -3.86. The number of nitrogens with one attached hydrogen (secondary N) is 2. The first-order valence-corrected chi connectivity index (χ1v) is 8.05. The van der Waals surface area contributed by atoms with E-state index in [0.29, 0.717) is 5.69 Å². The van der Waals surface area contributed by atoms with Crippen molar-refractivity contribution in [2.24, 2.45) is 0 Å². The van der Waals surface area contributed by atoms with Crippen LogP contribution in [0, 0.1) is 17.5 Å². The van der Waals surface area contributed by atoms with Crippen LogP contribution in [0.1, 0.15) is 6.92 Å². The van der Waals surface area contributed by atoms with Crippen molar-refractivity contribution in [1.29, 1.82) is 0 Å². The lowest BCUT2D eigenvalue weighted by Crippen LogP contribution is -2.21. The van der Waals surface area contributed by atoms with Gasteiger partial charge in [0.25, 0.3) is 0 Å². The van der Waals surface area contributed by atoms with E-state index in [1.54, 1.807) is 31.5 Å². The van der Waals surface area contributed by atoms with Gasteiger partial charge in [0.2, 0.25) is 5.95 Å². The second-order valence-corrected chi connectivity index (χ2v) is 5.77. The molecule has 2 heterocycles. The first-order valence-electron chi connectivity index (χ1n) is 8.05. The predicted octanol–water partition coefficient (Wildman–Crippen LogP) is 3.49. The Labute approximate surface area is 153 Å². The molecule has 2 aromatic heterocycles. The molecule has 0 aliphatic carbocycles. The number of hydrogen-bond donors (Lipinski definition) is 3. The van der Waals surface area contributed by atoms with Crippen molar-refractivity contribution in [1.82, 2.24) is 15.0 Å². The molecule has 0 bridgehead atoms. The van der Waals surface area contributed by atoms with Gasteiger partial charge in [-0.15, -0.1) is 0 Å². The van der Waals surface area contributed by atoms with Crippen molar-refractivity contribution in [3.63, 3.8) is 0 Å². The molecule has 0 radical (unpaired) electrons. The fourth-order valence-electron chi connectivity index (χ4n) is 2.27. The molecule has 3 rings (SSSR count). The highest BCUT2D eigenvalue weighted by atomic mass is 19.2. The maximum atomic E-state index is 14.0. The first-order chi connectivity index (χ1) is 13.0. The van der Waals surface area contributed by atoms with Gasteiger partial charge in [-0.2, -0.15) is 4.98 Å². The molecule has 3 aromatic rings. The van der Waals surface area contributed by atoms with Crippen LogP contribution in [0.4, 0.5) is 30.6 Å². The summed E-state index contributed by atoms with van der Waals surface area (Å²) in [5.41, 5.74) is 0.945. The monoisotopic (exact) mass is 375 g/mol. The molecule has 140 valence electrons. The zero-order chi connectivity index (χ0) is 19.4. The molecule has 6 nitrogen and oxygen atoms in total. The van der Waals surface area contributed by atoms with Gasteiger partial charge in [0.15, 0.2) is 17.5 Å². The van der Waals surface area contributed by atoms with Crippen molar-refractivity contribution in [3.05, 3.63) is 60.2 Å². The van der Waals surface area contributed by atoms with Gasteiger partial charge in [0, 0.05) is 30.1 Å². The van der Waals surface area contributed by atoms with E-state index < -0.39 is 17.5 Å². The Morgan fingerprint density at radius 3 is 2.48 bits per heavy atom. The third-order valence-electron chi connectivity index (χ3n) is 3.65. The van der Waals surface area contributed by atoms with E-state index in [4.69, 9.17) is 0 Å². The van der Waals surface area contributed by atoms with E-state index in [-0.39, 0.29) is 30.1 Å². The van der Waals surface area contributed by atoms with Gasteiger partial charge in [-0.25, -0.2) is 18.2 Å². The molecular weight excluding hydrogens is 359 g/mol.